The Labute approximate surface area is 649 Å². The van der Waals surface area contributed by atoms with Crippen LogP contribution in [-0.2, 0) is 10.8 Å². The van der Waals surface area contributed by atoms with Gasteiger partial charge in [-0.15, -0.1) is 0 Å². The smallest absolute Gasteiger partial charge is 0.160 e. The van der Waals surface area contributed by atoms with Gasteiger partial charge in [-0.3, -0.25) is 0 Å². The monoisotopic (exact) mass is 1430 g/mol. The van der Waals surface area contributed by atoms with E-state index in [9.17, 15) is 0 Å². The van der Waals surface area contributed by atoms with Gasteiger partial charge >= 0.3 is 0 Å². The van der Waals surface area contributed by atoms with Gasteiger partial charge in [0.25, 0.3) is 0 Å². The van der Waals surface area contributed by atoms with E-state index in [1.807, 2.05) is 6.07 Å². The molecule has 16 aromatic carbocycles. The summed E-state index contributed by atoms with van der Waals surface area (Å²) >= 11 is 0. The number of hydrogen-bond acceptors (Lipinski definition) is 6. The van der Waals surface area contributed by atoms with Crippen molar-refractivity contribution in [2.45, 2.75) is 10.8 Å². The number of aromatic nitrogens is 4. The van der Waals surface area contributed by atoms with E-state index in [2.05, 4.69) is 394 Å². The molecule has 22 rings (SSSR count). The van der Waals surface area contributed by atoms with E-state index in [4.69, 9.17) is 29.4 Å². The van der Waals surface area contributed by atoms with Crippen LogP contribution in [0.2, 0.25) is 0 Å². The molecule has 0 atom stereocenters. The predicted octanol–water partition coefficient (Wildman–Crippen LogP) is 26.5. The molecule has 4 heterocycles. The van der Waals surface area contributed by atoms with Crippen molar-refractivity contribution in [1.82, 2.24) is 19.9 Å². The van der Waals surface area contributed by atoms with Gasteiger partial charge in [-0.1, -0.05) is 352 Å². The summed E-state index contributed by atoms with van der Waals surface area (Å²) < 4.78 is 14.4. The van der Waals surface area contributed by atoms with Crippen LogP contribution in [0.15, 0.2) is 400 Å². The van der Waals surface area contributed by atoms with Crippen molar-refractivity contribution in [3.8, 4) is 169 Å². The summed E-state index contributed by atoms with van der Waals surface area (Å²) in [6.07, 6.45) is 0. The van der Waals surface area contributed by atoms with Crippen molar-refractivity contribution >= 4 is 0 Å². The van der Waals surface area contributed by atoms with Gasteiger partial charge in [-0.25, -0.2) is 19.9 Å². The number of para-hydroxylation sites is 1. The molecule has 112 heavy (non-hydrogen) atoms. The summed E-state index contributed by atoms with van der Waals surface area (Å²) in [5.74, 6) is 4.58. The highest BCUT2D eigenvalue weighted by Crippen LogP contribution is 2.65. The SMILES string of the molecule is c1ccc(-c2cccc(-c3cc(-c4cccc(-c5ccc6c(c5)Oc5cc(-c7ccc(-c8nc(-c9ccccc9)cc(-c9ccccc9-c9ccccc9)n8)cc7)ccc5C65c6ccccc6-c6ccccc65)c4)nc(-c4ccc(-c5ccc6c(c5)Oc5ccccc5C65c6ccccc6-c6ccccc65)cc4)n3)c2)cc1. The molecule has 18 aromatic rings. The quantitative estimate of drug-likeness (QED) is 0.129. The first-order valence-electron chi connectivity index (χ1n) is 38.2. The van der Waals surface area contributed by atoms with E-state index < -0.39 is 10.8 Å². The lowest BCUT2D eigenvalue weighted by Crippen LogP contribution is -2.32. The fourth-order valence-corrected chi connectivity index (χ4v) is 18.2. The topological polar surface area (TPSA) is 70.0 Å². The Hall–Kier alpha value is -14.7. The van der Waals surface area contributed by atoms with E-state index >= 15 is 0 Å². The standard InChI is InChI=1S/C106H66N4O2/c1-4-24-67(25-5-1)74-30-22-32-79(60-74)96-65-97(109-103(108-96)72-50-46-68(47-51-72)76-54-57-92-100(62-76)111-99-45-21-20-44-91(99)105(92)87-40-16-12-35-82(87)83-36-13-17-41-88(83)105)80-33-23-31-75(61-80)78-56-59-94-102(64-78)112-101-63-77(55-58-93(101)106(94)89-42-18-14-37-84(89)85-38-15-19-43-90(85)106)69-48-52-73(53-49-69)104-107-95(71-28-8-3-9-29-71)66-98(110-104)86-39-11-10-34-81(86)70-26-6-2-7-27-70/h1-66H. The van der Waals surface area contributed by atoms with Gasteiger partial charge < -0.3 is 9.47 Å². The third kappa shape index (κ3) is 10.3. The molecular formula is C106H66N4O2. The zero-order valence-corrected chi connectivity index (χ0v) is 60.7. The van der Waals surface area contributed by atoms with Gasteiger partial charge in [-0.05, 0) is 149 Å². The second kappa shape index (κ2) is 26.0. The molecule has 2 spiro atoms. The molecule has 2 aliphatic carbocycles. The number of benzene rings is 16. The summed E-state index contributed by atoms with van der Waals surface area (Å²) in [5.41, 5.74) is 33.1. The zero-order chi connectivity index (χ0) is 73.9. The minimum Gasteiger partial charge on any atom is -0.457 e. The van der Waals surface area contributed by atoms with Crippen LogP contribution in [0.3, 0.4) is 0 Å². The predicted molar refractivity (Wildman–Crippen MR) is 452 cm³/mol. The Kier molecular flexibility index (Phi) is 15.0. The van der Waals surface area contributed by atoms with E-state index in [-0.39, 0.29) is 0 Å². The molecular weight excluding hydrogens is 1360 g/mol. The molecule has 0 fully saturated rings. The van der Waals surface area contributed by atoms with Crippen molar-refractivity contribution < 1.29 is 9.47 Å². The first-order valence-corrected chi connectivity index (χ1v) is 38.2. The van der Waals surface area contributed by atoms with Crippen molar-refractivity contribution in [2.24, 2.45) is 0 Å². The maximum absolute atomic E-state index is 7.42. The van der Waals surface area contributed by atoms with Gasteiger partial charge in [0.15, 0.2) is 11.6 Å². The van der Waals surface area contributed by atoms with Crippen molar-refractivity contribution in [1.29, 1.82) is 0 Å². The lowest BCUT2D eigenvalue weighted by Gasteiger charge is -2.39. The molecule has 522 valence electrons. The summed E-state index contributed by atoms with van der Waals surface area (Å²) in [6.45, 7) is 0. The van der Waals surface area contributed by atoms with Crippen LogP contribution in [0.25, 0.3) is 146 Å². The number of rotatable bonds is 11. The third-order valence-electron chi connectivity index (χ3n) is 23.3. The van der Waals surface area contributed by atoms with Crippen molar-refractivity contribution in [3.63, 3.8) is 0 Å². The lowest BCUT2D eigenvalue weighted by molar-refractivity contribution is 0.436. The first kappa shape index (κ1) is 64.5. The Balaban J connectivity index is 0.624. The summed E-state index contributed by atoms with van der Waals surface area (Å²) in [7, 11) is 0. The second-order valence-corrected chi connectivity index (χ2v) is 29.4. The number of fused-ring (bicyclic) bond motifs is 18. The van der Waals surface area contributed by atoms with Gasteiger partial charge in [0, 0.05) is 55.6 Å². The molecule has 6 heteroatoms. The number of hydrogen-bond donors (Lipinski definition) is 0. The molecule has 0 saturated carbocycles. The van der Waals surface area contributed by atoms with Crippen LogP contribution >= 0.6 is 0 Å². The average Bonchev–Trinajstić information content (AvgIpc) is 1.49. The Morgan fingerprint density at radius 3 is 0.893 bits per heavy atom. The fraction of sp³-hybridized carbons (Fsp3) is 0.0189. The molecule has 2 aliphatic heterocycles. The highest BCUT2D eigenvalue weighted by atomic mass is 16.5. The molecule has 0 saturated heterocycles. The maximum atomic E-state index is 7.42. The summed E-state index contributed by atoms with van der Waals surface area (Å²) in [5, 5.41) is 0. The second-order valence-electron chi connectivity index (χ2n) is 29.4. The van der Waals surface area contributed by atoms with E-state index in [0.717, 1.165) is 157 Å². The Morgan fingerprint density at radius 2 is 0.429 bits per heavy atom. The summed E-state index contributed by atoms with van der Waals surface area (Å²) in [4.78, 5) is 21.5. The molecule has 2 aromatic heterocycles. The van der Waals surface area contributed by atoms with Crippen LogP contribution in [0.4, 0.5) is 0 Å². The average molecular weight is 1430 g/mol. The molecule has 0 radical (unpaired) electrons. The number of nitrogens with zero attached hydrogens (tertiary/aromatic N) is 4. The van der Waals surface area contributed by atoms with Crippen LogP contribution in [-0.4, -0.2) is 19.9 Å². The lowest BCUT2D eigenvalue weighted by atomic mass is 9.65. The van der Waals surface area contributed by atoms with Crippen LogP contribution < -0.4 is 9.47 Å². The molecule has 0 bridgehead atoms. The van der Waals surface area contributed by atoms with E-state index in [0.29, 0.717) is 11.6 Å². The largest absolute Gasteiger partial charge is 0.457 e. The molecule has 6 nitrogen and oxygen atoms in total. The maximum Gasteiger partial charge on any atom is 0.160 e. The fourth-order valence-electron chi connectivity index (χ4n) is 18.2. The van der Waals surface area contributed by atoms with Crippen LogP contribution in [0, 0.1) is 0 Å². The van der Waals surface area contributed by atoms with Gasteiger partial charge in [0.1, 0.15) is 23.0 Å². The Morgan fingerprint density at radius 1 is 0.152 bits per heavy atom. The summed E-state index contributed by atoms with van der Waals surface area (Å²) in [6, 6.07) is 143. The minimum absolute atomic E-state index is 0.537. The van der Waals surface area contributed by atoms with E-state index in [1.165, 1.54) is 44.5 Å². The number of ether oxygens (including phenoxy) is 2. The van der Waals surface area contributed by atoms with Crippen molar-refractivity contribution in [3.05, 3.63) is 445 Å². The van der Waals surface area contributed by atoms with Gasteiger partial charge in [0.05, 0.1) is 33.6 Å². The molecule has 0 amide bonds. The van der Waals surface area contributed by atoms with Crippen molar-refractivity contribution in [2.75, 3.05) is 0 Å². The highest BCUT2D eigenvalue weighted by Gasteiger charge is 2.53. The zero-order valence-electron chi connectivity index (χ0n) is 60.7. The molecule has 0 unspecified atom stereocenters. The molecule has 4 aliphatic rings. The van der Waals surface area contributed by atoms with E-state index in [1.54, 1.807) is 0 Å². The normalized spacial score (nSPS) is 13.1. The highest BCUT2D eigenvalue weighted by molar-refractivity contribution is 5.93. The van der Waals surface area contributed by atoms with Gasteiger partial charge in [-0.2, -0.15) is 0 Å². The van der Waals surface area contributed by atoms with Crippen LogP contribution in [0.5, 0.6) is 23.0 Å². The third-order valence-corrected chi connectivity index (χ3v) is 23.3. The minimum atomic E-state index is -0.679. The first-order chi connectivity index (χ1) is 55.5. The Bertz CT molecular complexity index is 6720. The van der Waals surface area contributed by atoms with Gasteiger partial charge in [0.2, 0.25) is 0 Å². The van der Waals surface area contributed by atoms with Crippen LogP contribution in [0.1, 0.15) is 44.5 Å². The molecule has 0 N–H and O–H groups in total.